The minimum atomic E-state index is 0.310. The van der Waals surface area contributed by atoms with Crippen molar-refractivity contribution >= 4 is 5.91 Å². The molecule has 0 unspecified atom stereocenters. The van der Waals surface area contributed by atoms with Crippen LogP contribution in [0.2, 0.25) is 0 Å². The number of carbonyl (C=O) groups excluding carboxylic acids is 1. The van der Waals surface area contributed by atoms with Crippen molar-refractivity contribution in [2.75, 3.05) is 59.9 Å². The molecule has 2 aliphatic heterocycles. The molecule has 17 heavy (non-hydrogen) atoms. The summed E-state index contributed by atoms with van der Waals surface area (Å²) < 4.78 is 0. The second-order valence-corrected chi connectivity index (χ2v) is 5.28. The number of hydrogen-bond acceptors (Lipinski definition) is 4. The first-order valence-electron chi connectivity index (χ1n) is 6.54. The van der Waals surface area contributed by atoms with E-state index in [2.05, 4.69) is 15.1 Å². The van der Waals surface area contributed by atoms with Crippen LogP contribution in [0.15, 0.2) is 0 Å². The molecule has 0 aromatic carbocycles. The molecule has 2 heterocycles. The fraction of sp³-hybridized carbons (Fsp3) is 0.917. The number of nitrogens with one attached hydrogen (secondary N) is 1. The molecule has 2 rings (SSSR count). The Kier molecular flexibility index (Phi) is 4.36. The highest BCUT2D eigenvalue weighted by Gasteiger charge is 2.28. The van der Waals surface area contributed by atoms with Gasteiger partial charge < -0.3 is 15.1 Å². The first-order valence-corrected chi connectivity index (χ1v) is 6.54. The maximum Gasteiger partial charge on any atom is 0.223 e. The van der Waals surface area contributed by atoms with Crippen molar-refractivity contribution in [2.24, 2.45) is 0 Å². The SMILES string of the molecule is CN(C)CCC(=O)N1CCN(C2CNC2)CC1. The summed E-state index contributed by atoms with van der Waals surface area (Å²) in [6, 6.07) is 0.717. The van der Waals surface area contributed by atoms with Crippen LogP contribution in [0.4, 0.5) is 0 Å². The summed E-state index contributed by atoms with van der Waals surface area (Å²) in [5.74, 6) is 0.310. The van der Waals surface area contributed by atoms with Crippen LogP contribution in [0.25, 0.3) is 0 Å². The van der Waals surface area contributed by atoms with Crippen molar-refractivity contribution in [1.82, 2.24) is 20.0 Å². The Morgan fingerprint density at radius 2 is 1.88 bits per heavy atom. The summed E-state index contributed by atoms with van der Waals surface area (Å²) in [6.45, 7) is 6.99. The van der Waals surface area contributed by atoms with Gasteiger partial charge in [-0.1, -0.05) is 0 Å². The summed E-state index contributed by atoms with van der Waals surface area (Å²) >= 11 is 0. The third-order valence-electron chi connectivity index (χ3n) is 3.72. The van der Waals surface area contributed by atoms with Gasteiger partial charge in [0, 0.05) is 58.3 Å². The largest absolute Gasteiger partial charge is 0.340 e. The van der Waals surface area contributed by atoms with Crippen LogP contribution in [0.5, 0.6) is 0 Å². The molecule has 1 amide bonds. The van der Waals surface area contributed by atoms with E-state index in [1.54, 1.807) is 0 Å². The van der Waals surface area contributed by atoms with E-state index in [0.717, 1.165) is 45.8 Å². The Morgan fingerprint density at radius 3 is 2.35 bits per heavy atom. The molecule has 5 heteroatoms. The average Bonchev–Trinajstić information content (AvgIpc) is 2.24. The number of amides is 1. The molecule has 0 spiro atoms. The molecular weight excluding hydrogens is 216 g/mol. The molecule has 5 nitrogen and oxygen atoms in total. The van der Waals surface area contributed by atoms with Crippen molar-refractivity contribution in [3.63, 3.8) is 0 Å². The van der Waals surface area contributed by atoms with Crippen molar-refractivity contribution in [3.8, 4) is 0 Å². The molecule has 0 atom stereocenters. The lowest BCUT2D eigenvalue weighted by atomic mass is 10.1. The molecule has 2 fully saturated rings. The topological polar surface area (TPSA) is 38.8 Å². The number of rotatable bonds is 4. The van der Waals surface area contributed by atoms with Gasteiger partial charge in [0.15, 0.2) is 0 Å². The van der Waals surface area contributed by atoms with E-state index in [0.29, 0.717) is 18.4 Å². The summed E-state index contributed by atoms with van der Waals surface area (Å²) in [7, 11) is 4.02. The van der Waals surface area contributed by atoms with Gasteiger partial charge in [0.25, 0.3) is 0 Å². The third kappa shape index (κ3) is 3.40. The molecule has 2 aliphatic rings. The highest BCUT2D eigenvalue weighted by molar-refractivity contribution is 5.76. The van der Waals surface area contributed by atoms with E-state index in [4.69, 9.17) is 0 Å². The fourth-order valence-corrected chi connectivity index (χ4v) is 2.35. The third-order valence-corrected chi connectivity index (χ3v) is 3.72. The van der Waals surface area contributed by atoms with Gasteiger partial charge in [-0.25, -0.2) is 0 Å². The summed E-state index contributed by atoms with van der Waals surface area (Å²) in [4.78, 5) is 18.5. The molecule has 0 saturated carbocycles. The van der Waals surface area contributed by atoms with E-state index in [1.165, 1.54) is 0 Å². The summed E-state index contributed by atoms with van der Waals surface area (Å²) in [5.41, 5.74) is 0. The lowest BCUT2D eigenvalue weighted by molar-refractivity contribution is -0.133. The monoisotopic (exact) mass is 240 g/mol. The Labute approximate surface area is 104 Å². The van der Waals surface area contributed by atoms with Gasteiger partial charge in [-0.3, -0.25) is 9.69 Å². The highest BCUT2D eigenvalue weighted by Crippen LogP contribution is 2.10. The van der Waals surface area contributed by atoms with Crippen LogP contribution < -0.4 is 5.32 Å². The molecule has 2 saturated heterocycles. The predicted molar refractivity (Wildman–Crippen MR) is 68.0 cm³/mol. The van der Waals surface area contributed by atoms with E-state index in [9.17, 15) is 4.79 Å². The van der Waals surface area contributed by atoms with Gasteiger partial charge in [-0.15, -0.1) is 0 Å². The zero-order chi connectivity index (χ0) is 12.3. The van der Waals surface area contributed by atoms with E-state index < -0.39 is 0 Å². The summed E-state index contributed by atoms with van der Waals surface area (Å²) in [6.07, 6.45) is 0.651. The van der Waals surface area contributed by atoms with E-state index in [1.807, 2.05) is 19.0 Å². The minimum absolute atomic E-state index is 0.310. The Hall–Kier alpha value is -0.650. The zero-order valence-corrected chi connectivity index (χ0v) is 11.0. The molecule has 0 aromatic rings. The standard InChI is InChI=1S/C12H24N4O/c1-14(2)4-3-12(17)16-7-5-15(6-8-16)11-9-13-10-11/h11,13H,3-10H2,1-2H3. The van der Waals surface area contributed by atoms with Crippen molar-refractivity contribution < 1.29 is 4.79 Å². The fourth-order valence-electron chi connectivity index (χ4n) is 2.35. The van der Waals surface area contributed by atoms with Crippen LogP contribution in [0.1, 0.15) is 6.42 Å². The van der Waals surface area contributed by atoms with Crippen LogP contribution in [0.3, 0.4) is 0 Å². The molecule has 1 N–H and O–H groups in total. The summed E-state index contributed by atoms with van der Waals surface area (Å²) in [5, 5.41) is 3.30. The first kappa shape index (κ1) is 12.8. The lowest BCUT2D eigenvalue weighted by Gasteiger charge is -2.43. The number of piperazine rings is 1. The molecule has 0 aromatic heterocycles. The Morgan fingerprint density at radius 1 is 1.24 bits per heavy atom. The maximum atomic E-state index is 11.9. The number of hydrogen-bond donors (Lipinski definition) is 1. The predicted octanol–water partition coefficient (Wildman–Crippen LogP) is -0.946. The molecule has 0 bridgehead atoms. The quantitative estimate of drug-likeness (QED) is 0.688. The number of carbonyl (C=O) groups is 1. The minimum Gasteiger partial charge on any atom is -0.340 e. The second-order valence-electron chi connectivity index (χ2n) is 5.28. The van der Waals surface area contributed by atoms with Gasteiger partial charge >= 0.3 is 0 Å². The molecule has 98 valence electrons. The van der Waals surface area contributed by atoms with Gasteiger partial charge in [0.05, 0.1) is 0 Å². The molecule has 0 aliphatic carbocycles. The van der Waals surface area contributed by atoms with Crippen molar-refractivity contribution in [3.05, 3.63) is 0 Å². The van der Waals surface area contributed by atoms with Gasteiger partial charge in [-0.2, -0.15) is 0 Å². The van der Waals surface area contributed by atoms with Crippen molar-refractivity contribution in [2.45, 2.75) is 12.5 Å². The highest BCUT2D eigenvalue weighted by atomic mass is 16.2. The van der Waals surface area contributed by atoms with E-state index >= 15 is 0 Å². The lowest BCUT2D eigenvalue weighted by Crippen LogP contribution is -2.62. The van der Waals surface area contributed by atoms with Gasteiger partial charge in [-0.05, 0) is 14.1 Å². The smallest absolute Gasteiger partial charge is 0.223 e. The normalized spacial score (nSPS) is 22.9. The maximum absolute atomic E-state index is 11.9. The van der Waals surface area contributed by atoms with Gasteiger partial charge in [0.1, 0.15) is 0 Å². The average molecular weight is 240 g/mol. The zero-order valence-electron chi connectivity index (χ0n) is 11.0. The number of nitrogens with zero attached hydrogens (tertiary/aromatic N) is 3. The van der Waals surface area contributed by atoms with Crippen molar-refractivity contribution in [1.29, 1.82) is 0 Å². The first-order chi connectivity index (χ1) is 8.16. The van der Waals surface area contributed by atoms with Crippen LogP contribution in [-0.2, 0) is 4.79 Å². The Balaban J connectivity index is 1.68. The second kappa shape index (κ2) is 5.80. The molecular formula is C12H24N4O. The van der Waals surface area contributed by atoms with E-state index in [-0.39, 0.29) is 0 Å². The Bertz CT molecular complexity index is 257. The van der Waals surface area contributed by atoms with Gasteiger partial charge in [0.2, 0.25) is 5.91 Å². The molecule has 0 radical (unpaired) electrons. The van der Waals surface area contributed by atoms with Crippen LogP contribution in [0, 0.1) is 0 Å². The van der Waals surface area contributed by atoms with Crippen LogP contribution >= 0.6 is 0 Å². The van der Waals surface area contributed by atoms with Crippen LogP contribution in [-0.4, -0.2) is 86.6 Å².